The van der Waals surface area contributed by atoms with Gasteiger partial charge in [0.1, 0.15) is 5.75 Å². The van der Waals surface area contributed by atoms with Crippen LogP contribution in [0, 0.1) is 0 Å². The summed E-state index contributed by atoms with van der Waals surface area (Å²) in [5.41, 5.74) is 1.92. The second-order valence-corrected chi connectivity index (χ2v) is 6.02. The Bertz CT molecular complexity index is 762. The molecule has 0 aliphatic heterocycles. The van der Waals surface area contributed by atoms with Crippen LogP contribution in [-0.2, 0) is 4.79 Å². The molecule has 27 heavy (non-hydrogen) atoms. The molecule has 6 nitrogen and oxygen atoms in total. The molecular formula is C21H27N3O3. The number of benzene rings is 2. The van der Waals surface area contributed by atoms with E-state index in [2.05, 4.69) is 22.9 Å². The molecule has 144 valence electrons. The summed E-state index contributed by atoms with van der Waals surface area (Å²) in [4.78, 5) is 24.3. The summed E-state index contributed by atoms with van der Waals surface area (Å²) in [6, 6.07) is 14.4. The molecule has 0 fully saturated rings. The molecule has 3 N–H and O–H groups in total. The van der Waals surface area contributed by atoms with Gasteiger partial charge in [-0.2, -0.15) is 0 Å². The van der Waals surface area contributed by atoms with Crippen molar-refractivity contribution in [2.24, 2.45) is 0 Å². The summed E-state index contributed by atoms with van der Waals surface area (Å²) in [7, 11) is 0. The van der Waals surface area contributed by atoms with Crippen LogP contribution in [0.1, 0.15) is 37.0 Å². The van der Waals surface area contributed by atoms with Crippen molar-refractivity contribution in [3.05, 3.63) is 54.1 Å². The van der Waals surface area contributed by atoms with Gasteiger partial charge in [0.05, 0.1) is 18.8 Å². The Morgan fingerprint density at radius 3 is 2.63 bits per heavy atom. The van der Waals surface area contributed by atoms with E-state index in [1.807, 2.05) is 31.2 Å². The number of rotatable bonds is 10. The predicted molar refractivity (Wildman–Crippen MR) is 108 cm³/mol. The van der Waals surface area contributed by atoms with Gasteiger partial charge >= 0.3 is 0 Å². The highest BCUT2D eigenvalue weighted by Gasteiger charge is 2.09. The average molecular weight is 369 g/mol. The van der Waals surface area contributed by atoms with Crippen LogP contribution < -0.4 is 20.7 Å². The van der Waals surface area contributed by atoms with Crippen molar-refractivity contribution >= 4 is 23.2 Å². The lowest BCUT2D eigenvalue weighted by molar-refractivity contribution is -0.114. The smallest absolute Gasteiger partial charge is 0.251 e. The maximum atomic E-state index is 12.2. The van der Waals surface area contributed by atoms with E-state index in [1.54, 1.807) is 24.3 Å². The standard InChI is InChI=1S/C21H27N3O3/c1-3-5-13-22-21(26)16-9-8-10-17(14-16)23-15-20(25)24-18-11-6-7-12-19(18)27-4-2/h6-12,14,23H,3-5,13,15H2,1-2H3,(H,22,26)(H,24,25). The molecule has 0 aromatic heterocycles. The lowest BCUT2D eigenvalue weighted by Gasteiger charge is -2.12. The monoisotopic (exact) mass is 369 g/mol. The number of carbonyl (C=O) groups is 2. The molecule has 2 aromatic rings. The van der Waals surface area contributed by atoms with E-state index in [4.69, 9.17) is 4.74 Å². The third kappa shape index (κ3) is 6.66. The third-order valence-corrected chi connectivity index (χ3v) is 3.85. The Kier molecular flexibility index (Phi) is 8.16. The molecule has 0 aliphatic rings. The zero-order chi connectivity index (χ0) is 19.5. The van der Waals surface area contributed by atoms with Crippen molar-refractivity contribution in [2.45, 2.75) is 26.7 Å². The normalized spacial score (nSPS) is 10.1. The molecule has 0 bridgehead atoms. The summed E-state index contributed by atoms with van der Waals surface area (Å²) in [5.74, 6) is 0.334. The van der Waals surface area contributed by atoms with Crippen molar-refractivity contribution in [3.8, 4) is 5.75 Å². The highest BCUT2D eigenvalue weighted by Crippen LogP contribution is 2.23. The number of unbranched alkanes of at least 4 members (excludes halogenated alkanes) is 1. The lowest BCUT2D eigenvalue weighted by Crippen LogP contribution is -2.25. The van der Waals surface area contributed by atoms with E-state index in [0.29, 0.717) is 35.8 Å². The van der Waals surface area contributed by atoms with E-state index in [9.17, 15) is 9.59 Å². The van der Waals surface area contributed by atoms with Gasteiger partial charge in [-0.25, -0.2) is 0 Å². The Hall–Kier alpha value is -3.02. The Balaban J connectivity index is 1.90. The summed E-state index contributed by atoms with van der Waals surface area (Å²) in [6.07, 6.45) is 1.98. The number of carbonyl (C=O) groups excluding carboxylic acids is 2. The van der Waals surface area contributed by atoms with E-state index >= 15 is 0 Å². The quantitative estimate of drug-likeness (QED) is 0.558. The molecule has 0 saturated carbocycles. The number of amides is 2. The zero-order valence-electron chi connectivity index (χ0n) is 15.9. The Morgan fingerprint density at radius 2 is 1.85 bits per heavy atom. The minimum atomic E-state index is -0.194. The van der Waals surface area contributed by atoms with Crippen molar-refractivity contribution in [1.29, 1.82) is 0 Å². The van der Waals surface area contributed by atoms with Crippen molar-refractivity contribution in [3.63, 3.8) is 0 Å². The number of para-hydroxylation sites is 2. The largest absolute Gasteiger partial charge is 0.492 e. The molecule has 0 radical (unpaired) electrons. The van der Waals surface area contributed by atoms with Crippen LogP contribution in [0.2, 0.25) is 0 Å². The van der Waals surface area contributed by atoms with Crippen LogP contribution >= 0.6 is 0 Å². The zero-order valence-corrected chi connectivity index (χ0v) is 15.9. The van der Waals surface area contributed by atoms with Crippen molar-refractivity contribution in [2.75, 3.05) is 30.3 Å². The van der Waals surface area contributed by atoms with Crippen molar-refractivity contribution in [1.82, 2.24) is 5.32 Å². The first-order valence-electron chi connectivity index (χ1n) is 9.27. The van der Waals surface area contributed by atoms with Gasteiger partial charge in [0.15, 0.2) is 0 Å². The van der Waals surface area contributed by atoms with Gasteiger partial charge in [0, 0.05) is 17.8 Å². The van der Waals surface area contributed by atoms with E-state index in [-0.39, 0.29) is 18.4 Å². The van der Waals surface area contributed by atoms with Crippen LogP contribution in [0.4, 0.5) is 11.4 Å². The predicted octanol–water partition coefficient (Wildman–Crippen LogP) is 3.67. The Labute approximate surface area is 160 Å². The average Bonchev–Trinajstić information content (AvgIpc) is 2.68. The molecule has 0 saturated heterocycles. The van der Waals surface area contributed by atoms with E-state index in [0.717, 1.165) is 12.8 Å². The number of hydrogen-bond donors (Lipinski definition) is 3. The van der Waals surface area contributed by atoms with Gasteiger partial charge in [-0.15, -0.1) is 0 Å². The first-order valence-corrected chi connectivity index (χ1v) is 9.27. The summed E-state index contributed by atoms with van der Waals surface area (Å²) in [6.45, 7) is 5.24. The van der Waals surface area contributed by atoms with Gasteiger partial charge in [0.2, 0.25) is 5.91 Å². The molecule has 0 aliphatic carbocycles. The lowest BCUT2D eigenvalue weighted by atomic mass is 10.2. The van der Waals surface area contributed by atoms with Crippen LogP contribution in [0.3, 0.4) is 0 Å². The number of nitrogens with one attached hydrogen (secondary N) is 3. The van der Waals surface area contributed by atoms with E-state index in [1.165, 1.54) is 0 Å². The highest BCUT2D eigenvalue weighted by molar-refractivity contribution is 5.96. The molecule has 0 unspecified atom stereocenters. The van der Waals surface area contributed by atoms with Gasteiger partial charge in [-0.05, 0) is 43.7 Å². The minimum absolute atomic E-state index is 0.0847. The molecule has 6 heteroatoms. The molecule has 2 aromatic carbocycles. The van der Waals surface area contributed by atoms with Crippen LogP contribution in [0.5, 0.6) is 5.75 Å². The summed E-state index contributed by atoms with van der Waals surface area (Å²) < 4.78 is 5.50. The van der Waals surface area contributed by atoms with Crippen LogP contribution in [-0.4, -0.2) is 31.5 Å². The molecular weight excluding hydrogens is 342 g/mol. The number of anilines is 2. The van der Waals surface area contributed by atoms with Gasteiger partial charge in [0.25, 0.3) is 5.91 Å². The van der Waals surface area contributed by atoms with Gasteiger partial charge in [-0.1, -0.05) is 31.5 Å². The fourth-order valence-electron chi connectivity index (χ4n) is 2.48. The molecule has 0 spiro atoms. The topological polar surface area (TPSA) is 79.5 Å². The SMILES string of the molecule is CCCCNC(=O)c1cccc(NCC(=O)Nc2ccccc2OCC)c1. The van der Waals surface area contributed by atoms with Gasteiger partial charge in [-0.3, -0.25) is 9.59 Å². The summed E-state index contributed by atoms with van der Waals surface area (Å²) >= 11 is 0. The van der Waals surface area contributed by atoms with Crippen LogP contribution in [0.25, 0.3) is 0 Å². The maximum Gasteiger partial charge on any atom is 0.251 e. The maximum absolute atomic E-state index is 12.2. The molecule has 0 atom stereocenters. The van der Waals surface area contributed by atoms with Crippen LogP contribution in [0.15, 0.2) is 48.5 Å². The Morgan fingerprint density at radius 1 is 1.04 bits per heavy atom. The third-order valence-electron chi connectivity index (χ3n) is 3.85. The fraction of sp³-hybridized carbons (Fsp3) is 0.333. The molecule has 2 amide bonds. The first-order chi connectivity index (χ1) is 13.1. The second-order valence-electron chi connectivity index (χ2n) is 6.02. The van der Waals surface area contributed by atoms with Gasteiger partial charge < -0.3 is 20.7 Å². The number of ether oxygens (including phenoxy) is 1. The highest BCUT2D eigenvalue weighted by atomic mass is 16.5. The fourth-order valence-corrected chi connectivity index (χ4v) is 2.48. The second kappa shape index (κ2) is 10.9. The molecule has 2 rings (SSSR count). The summed E-state index contributed by atoms with van der Waals surface area (Å²) in [5, 5.41) is 8.76. The van der Waals surface area contributed by atoms with E-state index < -0.39 is 0 Å². The van der Waals surface area contributed by atoms with Crippen molar-refractivity contribution < 1.29 is 14.3 Å². The minimum Gasteiger partial charge on any atom is -0.492 e. The first kappa shape index (κ1) is 20.3. The molecule has 0 heterocycles. The number of hydrogen-bond acceptors (Lipinski definition) is 4.